The third kappa shape index (κ3) is 3.69. The number of allylic oxidation sites excluding steroid dienone is 2. The first kappa shape index (κ1) is 3.88. The lowest BCUT2D eigenvalue weighted by Gasteiger charge is -2.50. The number of benzene rings is 2. The summed E-state index contributed by atoms with van der Waals surface area (Å²) in [6.45, 7) is 12.8. The van der Waals surface area contributed by atoms with Crippen molar-refractivity contribution in [3.63, 3.8) is 0 Å². The number of Topliss-reactive ketones (excluding diaryl/α,β-unsaturated/α-hetero) is 1. The average molecular weight is 889 g/mol. The van der Waals surface area contributed by atoms with Crippen LogP contribution in [0, 0.1) is 23.7 Å². The second-order valence-electron chi connectivity index (χ2n) is 11.1. The van der Waals surface area contributed by atoms with Crippen LogP contribution >= 0.6 is 0 Å². The molecule has 2 aromatic carbocycles. The van der Waals surface area contributed by atoms with Crippen molar-refractivity contribution in [3.05, 3.63) is 101 Å². The molecule has 0 radical (unpaired) electrons. The number of hydrogen-bond acceptors (Lipinski definition) is 4. The third-order valence-electron chi connectivity index (χ3n) is 8.45. The molecule has 5 nitrogen and oxygen atoms in total. The smallest absolute Gasteiger partial charge is 0.226 e. The molecule has 0 aliphatic heterocycles. The summed E-state index contributed by atoms with van der Waals surface area (Å²) in [5.41, 5.74) is 2.30. The summed E-state index contributed by atoms with van der Waals surface area (Å²) in [7, 11) is 0. The van der Waals surface area contributed by atoms with Gasteiger partial charge in [-0.15, -0.1) is 0 Å². The Morgan fingerprint density at radius 1 is 1.08 bits per heavy atom. The van der Waals surface area contributed by atoms with E-state index in [-0.39, 0.29) is 23.1 Å². The van der Waals surface area contributed by atoms with E-state index in [1.54, 1.807) is 30.3 Å². The van der Waals surface area contributed by atoms with E-state index in [9.17, 15) is 9.18 Å². The minimum Gasteiger partial charge on any atom is -0.307 e. The first-order valence-electron chi connectivity index (χ1n) is 74.0. The predicted molar refractivity (Wildman–Crippen MR) is 275 cm³/mol. The third-order valence-corrected chi connectivity index (χ3v) is 8.45. The summed E-state index contributed by atoms with van der Waals surface area (Å²) >= 11 is 0. The fourth-order valence-corrected chi connectivity index (χ4v) is 6.60. The van der Waals surface area contributed by atoms with E-state index in [0.717, 1.165) is 10.9 Å². The molecule has 7 heteroatoms. The Bertz CT molecular complexity index is 1880. The lowest BCUT2D eigenvalue weighted by Crippen LogP contribution is -2.51. The maximum atomic E-state index is 15.3. The first-order valence-corrected chi connectivity index (χ1v) is 13.0. The van der Waals surface area contributed by atoms with Crippen LogP contribution in [0.25, 0.3) is 38.4 Å². The van der Waals surface area contributed by atoms with Gasteiger partial charge in [-0.3, -0.25) is 0 Å². The van der Waals surface area contributed by atoms with Gasteiger partial charge in [0.05, 0.1) is 29.2 Å². The molecule has 2 atom stereocenters. The highest BCUT2D eigenvalue weighted by Crippen LogP contribution is 2.55. The van der Waals surface area contributed by atoms with Crippen molar-refractivity contribution in [1.82, 2.24) is 15.0 Å². The van der Waals surface area contributed by atoms with Gasteiger partial charge in [-0.2, -0.15) is 0 Å². The standard InChI is InChI=1S/C32H26F2N4O.61H2/c1-31(2)26-14-13-21-27(20-10-5-7-11-23(20)34)37-30(38-28(21)32(26,3)16-25(35-4)29(31)39)22-15-18(17-33)36-24-12-8-6-9-19(22)24;;;;;;;;;;;;;;;;;;;;;;;;;;;;;;;;;;;;;;;;;;;;;;;;;;;;;;;;;;;;;/h5-12,15-16,26H,13-14,17H2,1-3H3;61*1H/t26-,32-;;;;;;;;;;;;;;;;;;;;;;;;;;;;;;;;;;;;;;;;;;;;;;;;;;;;;;;;;;;;;/m1............................................................./s1/i;61*1+2T. The van der Waals surface area contributed by atoms with Crippen LogP contribution in [-0.2, 0) is 23.3 Å². The molecule has 0 N–H and O–H groups in total. The molecule has 0 amide bonds. The summed E-state index contributed by atoms with van der Waals surface area (Å²) in [4.78, 5) is 31.2. The van der Waals surface area contributed by atoms with Crippen molar-refractivity contribution in [2.45, 2.75) is 45.7 Å². The number of ketones is 1. The molecule has 6 rings (SSSR count). The topological polar surface area (TPSA) is 60.1 Å². The zero-order chi connectivity index (χ0) is 150. The van der Waals surface area contributed by atoms with Crippen LogP contribution in [0.3, 0.4) is 0 Å². The van der Waals surface area contributed by atoms with E-state index in [0.29, 0.717) is 46.7 Å². The monoisotopic (exact) mass is 888 g/mol. The van der Waals surface area contributed by atoms with Crippen LogP contribution in [0.15, 0.2) is 66.4 Å². The van der Waals surface area contributed by atoms with Gasteiger partial charge in [-0.25, -0.2) is 28.6 Å². The minimum absolute atomic E-state index is 0.0910. The molecule has 4 aromatic rings. The number of alkyl halides is 1. The first-order chi connectivity index (χ1) is 79.7. The quantitative estimate of drug-likeness (QED) is 0.192. The molecule has 0 unspecified atom stereocenters. The normalized spacial score (nSPS) is 34.1. The van der Waals surface area contributed by atoms with Gasteiger partial charge in [0.25, 0.3) is 0 Å². The highest BCUT2D eigenvalue weighted by Gasteiger charge is 2.55. The van der Waals surface area contributed by atoms with Crippen molar-refractivity contribution in [1.29, 1.82) is 0 Å². The van der Waals surface area contributed by atoms with E-state index in [2.05, 4.69) is 9.83 Å². The number of carbonyl (C=O) groups excluding carboxylic acids is 1. The van der Waals surface area contributed by atoms with Crippen molar-refractivity contribution in [2.24, 2.45) is 11.3 Å². The Hall–Kier alpha value is -4.31. The zero-order valence-electron chi connectivity index (χ0n) is 144. The van der Waals surface area contributed by atoms with E-state index < -0.39 is 23.3 Å². The maximum absolute atomic E-state index is 15.3. The van der Waals surface area contributed by atoms with Gasteiger partial charge in [-0.05, 0) is 43.0 Å². The lowest BCUT2D eigenvalue weighted by atomic mass is 9.53. The average Bonchev–Trinajstić information content (AvgIpc) is 0.706. The molecule has 2 aliphatic carbocycles. The molecule has 39 heavy (non-hydrogen) atoms. The van der Waals surface area contributed by atoms with Crippen LogP contribution in [0.2, 0.25) is 0 Å². The van der Waals surface area contributed by atoms with Gasteiger partial charge in [0, 0.05) is 214 Å². The second kappa shape index (κ2) is 8.88. The van der Waals surface area contributed by atoms with Gasteiger partial charge in [0.15, 0.2) is 11.6 Å². The molecule has 0 saturated carbocycles. The maximum Gasteiger partial charge on any atom is 0.226 e. The summed E-state index contributed by atoms with van der Waals surface area (Å²) in [5.74, 6) is -0.367. The molecule has 316 valence electrons. The predicted octanol–water partition coefficient (Wildman–Crippen LogP) is 22.2. The lowest BCUT2D eigenvalue weighted by molar-refractivity contribution is -0.128. The van der Waals surface area contributed by atoms with E-state index in [1.807, 2.05) is 45.0 Å². The molecular weight excluding hydrogens is 494 g/mol. The Labute approximate surface area is 413 Å². The highest BCUT2D eigenvalue weighted by atomic mass is 19.1. The van der Waals surface area contributed by atoms with E-state index in [1.165, 1.54) is 6.07 Å². The Morgan fingerprint density at radius 3 is 2.56 bits per heavy atom. The number of carbonyl (C=O) groups is 1. The molecule has 2 aromatic heterocycles. The fraction of sp³-hybridized carbons (Fsp3) is 0.281. The zero-order valence-corrected chi connectivity index (χ0v) is 21.9. The number of pyridine rings is 1. The summed E-state index contributed by atoms with van der Waals surface area (Å²) in [6, 6.07) is 15.5. The number of rotatable bonds is 3. The van der Waals surface area contributed by atoms with Crippen LogP contribution < -0.4 is 0 Å². The van der Waals surface area contributed by atoms with Gasteiger partial charge in [0.2, 0.25) is 5.70 Å². The van der Waals surface area contributed by atoms with Crippen LogP contribution in [-0.4, -0.2) is 20.7 Å². The highest BCUT2D eigenvalue weighted by molar-refractivity contribution is 6.03. The minimum atomic E-state index is -0.783. The van der Waals surface area contributed by atoms with Gasteiger partial charge in [0.1, 0.15) is 12.5 Å². The number of aromatic nitrogens is 3. The molecule has 2 aliphatic rings. The molecule has 2 heterocycles. The van der Waals surface area contributed by atoms with Crippen molar-refractivity contribution < 1.29 is 195 Å². The largest absolute Gasteiger partial charge is 0.307 e. The van der Waals surface area contributed by atoms with Crippen molar-refractivity contribution >= 4 is 16.7 Å². The Morgan fingerprint density at radius 2 is 1.82 bits per heavy atom. The molecule has 0 saturated heterocycles. The Balaban J connectivity index is -0.0000000145. The molecule has 0 spiro atoms. The van der Waals surface area contributed by atoms with Crippen molar-refractivity contribution in [3.8, 4) is 22.6 Å². The van der Waals surface area contributed by atoms with Crippen molar-refractivity contribution in [2.75, 3.05) is 0 Å². The van der Waals surface area contributed by atoms with Gasteiger partial charge < -0.3 is 4.79 Å². The van der Waals surface area contributed by atoms with E-state index >= 15 is 4.39 Å². The second-order valence-corrected chi connectivity index (χ2v) is 11.1. The number of fused-ring (bicyclic) bond motifs is 4. The number of para-hydroxylation sites is 1. The summed E-state index contributed by atoms with van der Waals surface area (Å²) in [6.07, 6.45) is 2.97. The van der Waals surface area contributed by atoms with Crippen LogP contribution in [0.1, 0.15) is 225 Å². The SMILES string of the molecule is [3H][3H].[3H][3H].[3H][3H].[3H][3H].[3H][3H].[3H][3H].[3H][3H].[3H][3H].[3H][3H].[3H][3H].[3H][3H].[3H][3H].[3H][3H].[3H][3H].[3H][3H].[3H][3H].[3H][3H].[3H][3H].[3H][3H].[3H][3H].[3H][3H].[3H][3H].[3H][3H].[3H][3H].[3H][3H].[3H][3H].[3H][3H].[3H][3H].[3H][3H].[3H][3H].[3H][3H].[3H][3H].[3H][3H].[3H][3H].[3H][3H].[3H][3H].[3H][3H].[3H][3H].[3H][3H].[3H][3H].[3H][3H].[3H][3H].[3H][3H].[3H][3H].[3H][3H].[3H][3H].[3H][3H].[3H][3H].[3H][3H].[3H][3H].[3H][3H].[3H][3H].[3H][3H].[3H][3H].[3H][3H].[3H][3H].[3H][3H].[3H][3H].[3H][3H].[3H][3H].[3H][3H].[C-]#[N+]C1=C[C@@]2(C)c3nc(-c4cc(CF)nc5ccccc45)nc(-c4ccccc4F)c3CC[C@@H]2C(C)(C)C1=O. The summed E-state index contributed by atoms with van der Waals surface area (Å²) < 4.78 is 639. The van der Waals surface area contributed by atoms with Crippen LogP contribution in [0.4, 0.5) is 8.78 Å². The molecule has 0 fully saturated rings. The number of halogens is 2. The van der Waals surface area contributed by atoms with E-state index in [4.69, 9.17) is 198 Å². The van der Waals surface area contributed by atoms with Gasteiger partial charge >= 0.3 is 0 Å². The molecule has 0 bridgehead atoms. The summed E-state index contributed by atoms with van der Waals surface area (Å²) in [5, 5.41) is 0.753. The fourth-order valence-electron chi connectivity index (χ4n) is 6.60. The Kier molecular flexibility index (Phi) is 0.884. The van der Waals surface area contributed by atoms with Gasteiger partial charge in [-0.1, -0.05) is 57.2 Å². The number of hydrogen-bond donors (Lipinski definition) is 0. The molecular formula is C32H148F2N4O. The number of nitrogens with zero attached hydrogens (tertiary/aromatic N) is 4. The van der Waals surface area contributed by atoms with Crippen LogP contribution in [0.5, 0.6) is 0 Å².